The molecule has 0 atom stereocenters. The Morgan fingerprint density at radius 2 is 1.42 bits per heavy atom. The van der Waals surface area contributed by atoms with E-state index in [1.54, 1.807) is 0 Å². The molecule has 5 heteroatoms. The number of unbranched alkanes of at least 4 members (excludes halogenated alkanes) is 10. The standard InChI is InChI=1S/C21H42N2O3/c1-2-3-4-5-6-7-8-9-10-11-12-14-21(24)22-15-13-16-23(25)17-19-26-20-18-23/h2-20H2,1H3,(H,22,24). The van der Waals surface area contributed by atoms with E-state index in [0.29, 0.717) is 45.8 Å². The molecule has 0 aromatic rings. The highest BCUT2D eigenvalue weighted by molar-refractivity contribution is 5.75. The summed E-state index contributed by atoms with van der Waals surface area (Å²) in [4.78, 5) is 11.8. The van der Waals surface area contributed by atoms with Crippen molar-refractivity contribution in [1.82, 2.24) is 5.32 Å². The van der Waals surface area contributed by atoms with Crippen LogP contribution in [0, 0.1) is 5.21 Å². The van der Waals surface area contributed by atoms with Crippen molar-refractivity contribution in [3.63, 3.8) is 0 Å². The van der Waals surface area contributed by atoms with Gasteiger partial charge in [0.25, 0.3) is 0 Å². The zero-order valence-electron chi connectivity index (χ0n) is 17.1. The molecule has 0 bridgehead atoms. The highest BCUT2D eigenvalue weighted by atomic mass is 16.6. The number of rotatable bonds is 16. The van der Waals surface area contributed by atoms with Gasteiger partial charge in [-0.3, -0.25) is 4.79 Å². The Bertz CT molecular complexity index is 344. The van der Waals surface area contributed by atoms with Crippen molar-refractivity contribution < 1.29 is 14.2 Å². The average Bonchev–Trinajstić information content (AvgIpc) is 2.64. The van der Waals surface area contributed by atoms with Crippen LogP contribution in [-0.4, -0.2) is 49.9 Å². The maximum atomic E-state index is 12.3. The summed E-state index contributed by atoms with van der Waals surface area (Å²) in [5.41, 5.74) is 0. The van der Waals surface area contributed by atoms with E-state index >= 15 is 0 Å². The van der Waals surface area contributed by atoms with Gasteiger partial charge in [-0.2, -0.15) is 0 Å². The smallest absolute Gasteiger partial charge is 0.219 e. The van der Waals surface area contributed by atoms with Crippen molar-refractivity contribution in [1.29, 1.82) is 0 Å². The molecule has 1 aliphatic heterocycles. The minimum absolute atomic E-state index is 0.139. The number of carbonyl (C=O) groups excluding carboxylic acids is 1. The maximum Gasteiger partial charge on any atom is 0.219 e. The first-order chi connectivity index (χ1) is 12.7. The highest BCUT2D eigenvalue weighted by Crippen LogP contribution is 2.12. The first kappa shape index (κ1) is 23.4. The molecule has 0 spiro atoms. The van der Waals surface area contributed by atoms with Crippen LogP contribution in [0.1, 0.15) is 90.4 Å². The van der Waals surface area contributed by atoms with Gasteiger partial charge in [0.2, 0.25) is 5.91 Å². The fraction of sp³-hybridized carbons (Fsp3) is 0.952. The SMILES string of the molecule is CCCCCCCCCCCCCC(=O)NCCC[N+]1([O-])CCOCC1. The number of carbonyl (C=O) groups is 1. The number of morpholine rings is 1. The van der Waals surface area contributed by atoms with E-state index in [1.807, 2.05) is 0 Å². The quantitative estimate of drug-likeness (QED) is 0.246. The second-order valence-electron chi connectivity index (χ2n) is 7.83. The van der Waals surface area contributed by atoms with Crippen LogP contribution >= 0.6 is 0 Å². The summed E-state index contributed by atoms with van der Waals surface area (Å²) in [5, 5.41) is 15.3. The Balaban J connectivity index is 1.82. The van der Waals surface area contributed by atoms with Crippen molar-refractivity contribution in [3.8, 4) is 0 Å². The molecule has 0 aliphatic carbocycles. The maximum absolute atomic E-state index is 12.3. The van der Waals surface area contributed by atoms with Crippen LogP contribution in [0.3, 0.4) is 0 Å². The van der Waals surface area contributed by atoms with Crippen molar-refractivity contribution in [2.24, 2.45) is 0 Å². The van der Waals surface area contributed by atoms with Gasteiger partial charge in [-0.1, -0.05) is 71.1 Å². The van der Waals surface area contributed by atoms with Crippen molar-refractivity contribution in [2.45, 2.75) is 90.4 Å². The Labute approximate surface area is 161 Å². The van der Waals surface area contributed by atoms with Gasteiger partial charge in [-0.05, 0) is 6.42 Å². The minimum Gasteiger partial charge on any atom is -0.633 e. The molecule has 0 aromatic carbocycles. The lowest BCUT2D eigenvalue weighted by Gasteiger charge is -2.45. The molecule has 0 aromatic heterocycles. The summed E-state index contributed by atoms with van der Waals surface area (Å²) in [5.74, 6) is 0.139. The molecule has 1 fully saturated rings. The van der Waals surface area contributed by atoms with E-state index < -0.39 is 0 Å². The van der Waals surface area contributed by atoms with Gasteiger partial charge in [-0.25, -0.2) is 0 Å². The van der Waals surface area contributed by atoms with Crippen LogP contribution in [0.5, 0.6) is 0 Å². The molecule has 1 rings (SSSR count). The van der Waals surface area contributed by atoms with Crippen LogP contribution in [0.4, 0.5) is 0 Å². The molecule has 5 nitrogen and oxygen atoms in total. The van der Waals surface area contributed by atoms with Crippen LogP contribution in [0.25, 0.3) is 0 Å². The molecular weight excluding hydrogens is 328 g/mol. The molecule has 0 radical (unpaired) electrons. The molecule has 1 saturated heterocycles. The third-order valence-electron chi connectivity index (χ3n) is 5.36. The lowest BCUT2D eigenvalue weighted by atomic mass is 10.1. The van der Waals surface area contributed by atoms with Crippen LogP contribution in [0.15, 0.2) is 0 Å². The first-order valence-corrected chi connectivity index (χ1v) is 11.1. The number of hydroxylamine groups is 3. The van der Waals surface area contributed by atoms with Crippen molar-refractivity contribution >= 4 is 5.91 Å². The number of hydrogen-bond donors (Lipinski definition) is 1. The van der Waals surface area contributed by atoms with Gasteiger partial charge in [0.15, 0.2) is 0 Å². The van der Waals surface area contributed by atoms with Gasteiger partial charge in [0.1, 0.15) is 13.1 Å². The second kappa shape index (κ2) is 15.4. The van der Waals surface area contributed by atoms with Crippen LogP contribution < -0.4 is 5.32 Å². The van der Waals surface area contributed by atoms with E-state index in [4.69, 9.17) is 4.74 Å². The summed E-state index contributed by atoms with van der Waals surface area (Å²) in [6, 6.07) is 0. The lowest BCUT2D eigenvalue weighted by molar-refractivity contribution is -0.888. The number of amides is 1. The molecule has 0 unspecified atom stereocenters. The van der Waals surface area contributed by atoms with Gasteiger partial charge in [-0.15, -0.1) is 0 Å². The summed E-state index contributed by atoms with van der Waals surface area (Å²) in [6.45, 7) is 5.69. The van der Waals surface area contributed by atoms with E-state index in [2.05, 4.69) is 12.2 Å². The van der Waals surface area contributed by atoms with Gasteiger partial charge >= 0.3 is 0 Å². The first-order valence-electron chi connectivity index (χ1n) is 11.1. The van der Waals surface area contributed by atoms with E-state index in [0.717, 1.165) is 19.3 Å². The lowest BCUT2D eigenvalue weighted by Crippen LogP contribution is -2.51. The topological polar surface area (TPSA) is 61.4 Å². The number of nitrogens with zero attached hydrogens (tertiary/aromatic N) is 1. The van der Waals surface area contributed by atoms with Crippen LogP contribution in [0.2, 0.25) is 0 Å². The molecule has 0 saturated carbocycles. The number of ether oxygens (including phenoxy) is 1. The predicted molar refractivity (Wildman–Crippen MR) is 108 cm³/mol. The summed E-state index contributed by atoms with van der Waals surface area (Å²) in [6.07, 6.45) is 15.7. The molecule has 26 heavy (non-hydrogen) atoms. The zero-order valence-corrected chi connectivity index (χ0v) is 17.1. The number of quaternary nitrogens is 1. The Morgan fingerprint density at radius 1 is 0.885 bits per heavy atom. The molecule has 154 valence electrons. The van der Waals surface area contributed by atoms with Gasteiger partial charge in [0.05, 0.1) is 19.8 Å². The molecule has 1 aliphatic rings. The summed E-state index contributed by atoms with van der Waals surface area (Å²) >= 11 is 0. The summed E-state index contributed by atoms with van der Waals surface area (Å²) in [7, 11) is 0. The normalized spacial score (nSPS) is 16.5. The van der Waals surface area contributed by atoms with Crippen LogP contribution in [-0.2, 0) is 9.53 Å². The molecular formula is C21H42N2O3. The largest absolute Gasteiger partial charge is 0.633 e. The van der Waals surface area contributed by atoms with E-state index in [9.17, 15) is 10.0 Å². The monoisotopic (exact) mass is 370 g/mol. The van der Waals surface area contributed by atoms with Gasteiger partial charge in [0, 0.05) is 19.4 Å². The van der Waals surface area contributed by atoms with E-state index in [1.165, 1.54) is 57.8 Å². The molecule has 1 amide bonds. The van der Waals surface area contributed by atoms with E-state index in [-0.39, 0.29) is 10.6 Å². The fourth-order valence-electron chi connectivity index (χ4n) is 3.53. The third-order valence-corrected chi connectivity index (χ3v) is 5.36. The van der Waals surface area contributed by atoms with Crippen molar-refractivity contribution in [2.75, 3.05) is 39.4 Å². The Kier molecular flexibility index (Phi) is 13.9. The number of hydrogen-bond acceptors (Lipinski definition) is 3. The fourth-order valence-corrected chi connectivity index (χ4v) is 3.53. The van der Waals surface area contributed by atoms with Crippen molar-refractivity contribution in [3.05, 3.63) is 5.21 Å². The minimum atomic E-state index is -0.158. The zero-order chi connectivity index (χ0) is 18.9. The third kappa shape index (κ3) is 12.7. The predicted octanol–water partition coefficient (Wildman–Crippen LogP) is 4.54. The number of nitrogens with one attached hydrogen (secondary N) is 1. The Hall–Kier alpha value is -0.650. The van der Waals surface area contributed by atoms with Gasteiger partial charge < -0.3 is 19.9 Å². The highest BCUT2D eigenvalue weighted by Gasteiger charge is 2.20. The summed E-state index contributed by atoms with van der Waals surface area (Å²) < 4.78 is 5.07. The molecule has 1 heterocycles. The average molecular weight is 371 g/mol. The molecule has 1 N–H and O–H groups in total. The second-order valence-corrected chi connectivity index (χ2v) is 7.83. The Morgan fingerprint density at radius 3 is 2.00 bits per heavy atom.